The number of carbonyl (C=O) groups excluding carboxylic acids is 2. The second-order valence-electron chi connectivity index (χ2n) is 11.0. The van der Waals surface area contributed by atoms with E-state index in [1.54, 1.807) is 17.0 Å². The zero-order chi connectivity index (χ0) is 29.5. The van der Waals surface area contributed by atoms with Gasteiger partial charge in [0.1, 0.15) is 5.82 Å². The highest BCUT2D eigenvalue weighted by atomic mass is 35.5. The Hall–Kier alpha value is -2.93. The molecule has 0 aliphatic carbocycles. The van der Waals surface area contributed by atoms with Gasteiger partial charge in [0, 0.05) is 62.6 Å². The van der Waals surface area contributed by atoms with Crippen LogP contribution in [0.15, 0.2) is 42.5 Å². The molecule has 3 fully saturated rings. The largest absolute Gasteiger partial charge is 0.430 e. The number of nitrogens with one attached hydrogen (secondary N) is 1. The van der Waals surface area contributed by atoms with Gasteiger partial charge in [-0.15, -0.1) is 0 Å². The molecule has 2 amide bonds. The molecular formula is C28H32ClF4N5O3. The summed E-state index contributed by atoms with van der Waals surface area (Å²) in [5, 5.41) is 14.3. The van der Waals surface area contributed by atoms with Crippen LogP contribution in [0.5, 0.6) is 0 Å². The Kier molecular flexibility index (Phi) is 8.21. The number of likely N-dealkylation sites (tertiary alicyclic amines) is 3. The molecule has 3 aliphatic heterocycles. The number of benzene rings is 2. The Labute approximate surface area is 240 Å². The zero-order valence-electron chi connectivity index (χ0n) is 22.2. The molecule has 0 spiro atoms. The van der Waals surface area contributed by atoms with Gasteiger partial charge in [0.05, 0.1) is 16.6 Å². The third-order valence-corrected chi connectivity index (χ3v) is 8.53. The molecule has 0 saturated carbocycles. The lowest BCUT2D eigenvalue weighted by Gasteiger charge is -2.48. The Morgan fingerprint density at radius 2 is 1.66 bits per heavy atom. The number of alkyl halides is 3. The molecule has 13 heteroatoms. The van der Waals surface area contributed by atoms with Gasteiger partial charge in [-0.1, -0.05) is 23.7 Å². The van der Waals surface area contributed by atoms with E-state index in [1.165, 1.54) is 0 Å². The fraction of sp³-hybridized carbons (Fsp3) is 0.500. The van der Waals surface area contributed by atoms with Crippen molar-refractivity contribution in [2.24, 2.45) is 5.73 Å². The van der Waals surface area contributed by atoms with Crippen LogP contribution in [0.4, 0.5) is 23.2 Å². The number of amides is 2. The van der Waals surface area contributed by atoms with Crippen LogP contribution in [0.1, 0.15) is 35.2 Å². The number of carbonyl (C=O) groups is 2. The van der Waals surface area contributed by atoms with E-state index in [2.05, 4.69) is 10.2 Å². The Morgan fingerprint density at radius 3 is 2.24 bits per heavy atom. The lowest BCUT2D eigenvalue weighted by Crippen LogP contribution is -2.62. The van der Waals surface area contributed by atoms with Gasteiger partial charge in [0.25, 0.3) is 17.4 Å². The number of nitrogens with zero attached hydrogens (tertiary/aromatic N) is 3. The zero-order valence-corrected chi connectivity index (χ0v) is 23.0. The van der Waals surface area contributed by atoms with E-state index in [9.17, 15) is 32.3 Å². The van der Waals surface area contributed by atoms with E-state index in [0.29, 0.717) is 55.7 Å². The first-order chi connectivity index (χ1) is 19.4. The molecule has 2 aromatic rings. The van der Waals surface area contributed by atoms with Gasteiger partial charge in [-0.2, -0.15) is 13.2 Å². The van der Waals surface area contributed by atoms with E-state index in [1.807, 2.05) is 6.07 Å². The number of hydrogen-bond acceptors (Lipinski definition) is 6. The molecule has 5 rings (SSSR count). The summed E-state index contributed by atoms with van der Waals surface area (Å²) in [6, 6.07) is 8.81. The van der Waals surface area contributed by atoms with Crippen molar-refractivity contribution >= 4 is 29.1 Å². The number of aliphatic hydroxyl groups is 1. The molecule has 2 atom stereocenters. The van der Waals surface area contributed by atoms with Crippen molar-refractivity contribution in [2.45, 2.75) is 49.2 Å². The quantitative estimate of drug-likeness (QED) is 0.442. The molecule has 41 heavy (non-hydrogen) atoms. The van der Waals surface area contributed by atoms with Gasteiger partial charge >= 0.3 is 6.18 Å². The summed E-state index contributed by atoms with van der Waals surface area (Å²) in [5.74, 6) is -2.61. The van der Waals surface area contributed by atoms with Gasteiger partial charge in [-0.3, -0.25) is 14.5 Å². The summed E-state index contributed by atoms with van der Waals surface area (Å²) in [6.07, 6.45) is -3.67. The molecule has 222 valence electrons. The monoisotopic (exact) mass is 597 g/mol. The van der Waals surface area contributed by atoms with Gasteiger partial charge < -0.3 is 26.0 Å². The number of nitrogens with two attached hydrogens (primary N) is 1. The number of hydrogen-bond donors (Lipinski definition) is 3. The molecule has 3 aliphatic rings. The van der Waals surface area contributed by atoms with Crippen LogP contribution in [0.3, 0.4) is 0 Å². The highest BCUT2D eigenvalue weighted by Gasteiger charge is 2.62. The average Bonchev–Trinajstić information content (AvgIpc) is 3.35. The molecule has 8 nitrogen and oxygen atoms in total. The maximum absolute atomic E-state index is 13.9. The Morgan fingerprint density at radius 1 is 0.976 bits per heavy atom. The normalized spacial score (nSPS) is 22.4. The molecule has 0 radical (unpaired) electrons. The fourth-order valence-electron chi connectivity index (χ4n) is 5.84. The highest BCUT2D eigenvalue weighted by Crippen LogP contribution is 2.41. The van der Waals surface area contributed by atoms with Crippen LogP contribution in [0.25, 0.3) is 0 Å². The lowest BCUT2D eigenvalue weighted by atomic mass is 9.89. The second-order valence-corrected chi connectivity index (χ2v) is 11.4. The first kappa shape index (κ1) is 29.6. The summed E-state index contributed by atoms with van der Waals surface area (Å²) >= 11 is 6.41. The van der Waals surface area contributed by atoms with Gasteiger partial charge in [0.15, 0.2) is 0 Å². The molecule has 2 aromatic carbocycles. The molecule has 1 unspecified atom stereocenters. The van der Waals surface area contributed by atoms with Crippen LogP contribution in [-0.2, 0) is 10.4 Å². The first-order valence-electron chi connectivity index (χ1n) is 13.6. The molecule has 3 saturated heterocycles. The molecule has 3 heterocycles. The smallest absolute Gasteiger partial charge is 0.380 e. The summed E-state index contributed by atoms with van der Waals surface area (Å²) in [5.41, 5.74) is 2.44. The standard InChI is InChI=1S/C28H32ClF4N5O3/c29-24-13-20(4-5-23(24)25(39)37-9-6-19(34)14-37)35-21-15-38(16-21)22-7-10-36(11-8-22)26(40)27(41,28(31,32)33)17-2-1-3-18(30)12-17/h1-5,12-13,19,21-22,35,41H,6-11,14-16,34H2/t19?,27-/m0/s1. The Bertz CT molecular complexity index is 1300. The number of rotatable bonds is 6. The van der Waals surface area contributed by atoms with Gasteiger partial charge in [-0.25, -0.2) is 4.39 Å². The second kappa shape index (κ2) is 11.4. The van der Waals surface area contributed by atoms with E-state index in [-0.39, 0.29) is 37.1 Å². The molecule has 0 aromatic heterocycles. The van der Waals surface area contributed by atoms with Crippen molar-refractivity contribution in [1.82, 2.24) is 14.7 Å². The van der Waals surface area contributed by atoms with Crippen LogP contribution in [0, 0.1) is 5.82 Å². The summed E-state index contributed by atoms with van der Waals surface area (Å²) < 4.78 is 55.4. The van der Waals surface area contributed by atoms with Gasteiger partial charge in [-0.05, 0) is 49.6 Å². The minimum Gasteiger partial charge on any atom is -0.380 e. The van der Waals surface area contributed by atoms with E-state index in [4.69, 9.17) is 17.3 Å². The molecule has 4 N–H and O–H groups in total. The number of halogens is 5. The first-order valence-corrected chi connectivity index (χ1v) is 13.9. The molecular weight excluding hydrogens is 566 g/mol. The highest BCUT2D eigenvalue weighted by molar-refractivity contribution is 6.34. The van der Waals surface area contributed by atoms with Crippen molar-refractivity contribution in [1.29, 1.82) is 0 Å². The van der Waals surface area contributed by atoms with Crippen molar-refractivity contribution in [2.75, 3.05) is 44.6 Å². The van der Waals surface area contributed by atoms with Crippen LogP contribution < -0.4 is 11.1 Å². The van der Waals surface area contributed by atoms with Gasteiger partial charge in [0.2, 0.25) is 0 Å². The van der Waals surface area contributed by atoms with Crippen molar-refractivity contribution < 1.29 is 32.3 Å². The minimum atomic E-state index is -5.32. The summed E-state index contributed by atoms with van der Waals surface area (Å²) in [7, 11) is 0. The SMILES string of the molecule is NC1CCN(C(=O)c2ccc(NC3CN(C4CCN(C(=O)[C@@](O)(c5cccc(F)c5)C(F)(F)F)CC4)C3)cc2Cl)C1. The van der Waals surface area contributed by atoms with E-state index in [0.717, 1.165) is 35.2 Å². The average molecular weight is 598 g/mol. The predicted octanol–water partition coefficient (Wildman–Crippen LogP) is 3.19. The van der Waals surface area contributed by atoms with E-state index >= 15 is 0 Å². The maximum Gasteiger partial charge on any atom is 0.430 e. The van der Waals surface area contributed by atoms with Crippen molar-refractivity contribution in [3.05, 3.63) is 64.4 Å². The predicted molar refractivity (Wildman–Crippen MR) is 145 cm³/mol. The number of anilines is 1. The van der Waals surface area contributed by atoms with Crippen molar-refractivity contribution in [3.63, 3.8) is 0 Å². The molecule has 0 bridgehead atoms. The maximum atomic E-state index is 13.9. The summed E-state index contributed by atoms with van der Waals surface area (Å²) in [4.78, 5) is 30.6. The van der Waals surface area contributed by atoms with Crippen LogP contribution >= 0.6 is 11.6 Å². The Balaban J connectivity index is 1.13. The van der Waals surface area contributed by atoms with Crippen LogP contribution in [-0.4, -0.2) is 95.2 Å². The minimum absolute atomic E-state index is 0.0173. The van der Waals surface area contributed by atoms with E-state index < -0.39 is 29.1 Å². The summed E-state index contributed by atoms with van der Waals surface area (Å²) in [6.45, 7) is 2.59. The third kappa shape index (κ3) is 5.88. The fourth-order valence-corrected chi connectivity index (χ4v) is 6.10. The topological polar surface area (TPSA) is 102 Å². The van der Waals surface area contributed by atoms with Crippen LogP contribution in [0.2, 0.25) is 5.02 Å². The van der Waals surface area contributed by atoms with Crippen molar-refractivity contribution in [3.8, 4) is 0 Å². The lowest BCUT2D eigenvalue weighted by molar-refractivity contribution is -0.262. The third-order valence-electron chi connectivity index (χ3n) is 8.22. The number of piperidine rings is 1.